The summed E-state index contributed by atoms with van der Waals surface area (Å²) in [7, 11) is 0. The Hall–Kier alpha value is -1.16. The summed E-state index contributed by atoms with van der Waals surface area (Å²) in [6, 6.07) is 0. The van der Waals surface area contributed by atoms with E-state index in [1.807, 2.05) is 0 Å². The molecule has 1 heterocycles. The summed E-state index contributed by atoms with van der Waals surface area (Å²) in [6.45, 7) is 4.79. The quantitative estimate of drug-likeness (QED) is 0.790. The highest BCUT2D eigenvalue weighted by atomic mass is 16.1. The standard InChI is InChI=1S/C12H19N3O/c1-7(2)11-10-8(6-13)4-3-5-9(10)14-12(16)15-11/h7-8H,3-6,13H2,1-2H3,(H,14,15,16). The van der Waals surface area contributed by atoms with Crippen LogP contribution in [0, 0.1) is 0 Å². The van der Waals surface area contributed by atoms with Gasteiger partial charge < -0.3 is 10.7 Å². The van der Waals surface area contributed by atoms with E-state index in [2.05, 4.69) is 23.8 Å². The molecule has 0 spiro atoms. The number of nitrogens with zero attached hydrogens (tertiary/aromatic N) is 1. The minimum absolute atomic E-state index is 0.222. The van der Waals surface area contributed by atoms with Crippen LogP contribution in [0.15, 0.2) is 4.79 Å². The number of hydrogen-bond acceptors (Lipinski definition) is 3. The predicted molar refractivity (Wildman–Crippen MR) is 63.7 cm³/mol. The average molecular weight is 221 g/mol. The predicted octanol–water partition coefficient (Wildman–Crippen LogP) is 1.27. The van der Waals surface area contributed by atoms with Crippen molar-refractivity contribution >= 4 is 0 Å². The molecule has 1 atom stereocenters. The van der Waals surface area contributed by atoms with Crippen molar-refractivity contribution in [3.8, 4) is 0 Å². The zero-order chi connectivity index (χ0) is 11.7. The number of H-pyrrole nitrogens is 1. The zero-order valence-corrected chi connectivity index (χ0v) is 9.92. The highest BCUT2D eigenvalue weighted by Crippen LogP contribution is 2.33. The van der Waals surface area contributed by atoms with Gasteiger partial charge in [-0.1, -0.05) is 13.8 Å². The van der Waals surface area contributed by atoms with Crippen molar-refractivity contribution in [3.63, 3.8) is 0 Å². The van der Waals surface area contributed by atoms with Gasteiger partial charge in [0.1, 0.15) is 0 Å². The Kier molecular flexibility index (Phi) is 3.10. The molecule has 0 saturated carbocycles. The van der Waals surface area contributed by atoms with Crippen LogP contribution in [-0.4, -0.2) is 16.5 Å². The Morgan fingerprint density at radius 2 is 2.31 bits per heavy atom. The van der Waals surface area contributed by atoms with Crippen LogP contribution >= 0.6 is 0 Å². The van der Waals surface area contributed by atoms with Gasteiger partial charge >= 0.3 is 5.69 Å². The molecule has 0 aromatic carbocycles. The van der Waals surface area contributed by atoms with E-state index in [1.165, 1.54) is 5.56 Å². The molecule has 4 nitrogen and oxygen atoms in total. The maximum absolute atomic E-state index is 11.5. The molecule has 1 aromatic rings. The highest BCUT2D eigenvalue weighted by molar-refractivity contribution is 5.33. The minimum atomic E-state index is -0.222. The van der Waals surface area contributed by atoms with Gasteiger partial charge in [0.25, 0.3) is 0 Å². The van der Waals surface area contributed by atoms with Crippen molar-refractivity contribution in [1.82, 2.24) is 9.97 Å². The van der Waals surface area contributed by atoms with E-state index in [9.17, 15) is 4.79 Å². The molecule has 1 aliphatic rings. The lowest BCUT2D eigenvalue weighted by molar-refractivity contribution is 0.532. The van der Waals surface area contributed by atoms with Crippen LogP contribution < -0.4 is 11.4 Å². The van der Waals surface area contributed by atoms with Gasteiger partial charge in [0, 0.05) is 5.69 Å². The highest BCUT2D eigenvalue weighted by Gasteiger charge is 2.25. The van der Waals surface area contributed by atoms with Crippen molar-refractivity contribution in [1.29, 1.82) is 0 Å². The third-order valence-electron chi connectivity index (χ3n) is 3.30. The van der Waals surface area contributed by atoms with E-state index in [-0.39, 0.29) is 11.6 Å². The second-order valence-corrected chi connectivity index (χ2v) is 4.80. The van der Waals surface area contributed by atoms with E-state index in [0.717, 1.165) is 30.7 Å². The number of nitrogens with two attached hydrogens (primary N) is 1. The first-order chi connectivity index (χ1) is 7.63. The first kappa shape index (κ1) is 11.3. The molecule has 88 valence electrons. The van der Waals surface area contributed by atoms with Crippen LogP contribution in [0.3, 0.4) is 0 Å². The van der Waals surface area contributed by atoms with E-state index in [0.29, 0.717) is 12.5 Å². The number of nitrogens with one attached hydrogen (secondary N) is 1. The molecule has 4 heteroatoms. The van der Waals surface area contributed by atoms with Crippen LogP contribution in [0.5, 0.6) is 0 Å². The molecule has 0 radical (unpaired) electrons. The van der Waals surface area contributed by atoms with Gasteiger partial charge in [0.05, 0.1) is 5.69 Å². The summed E-state index contributed by atoms with van der Waals surface area (Å²) >= 11 is 0. The van der Waals surface area contributed by atoms with Crippen molar-refractivity contribution in [2.24, 2.45) is 5.73 Å². The molecule has 0 amide bonds. The fourth-order valence-electron chi connectivity index (χ4n) is 2.55. The lowest BCUT2D eigenvalue weighted by Crippen LogP contribution is -2.27. The number of aromatic amines is 1. The maximum atomic E-state index is 11.5. The van der Waals surface area contributed by atoms with Gasteiger partial charge in [-0.25, -0.2) is 4.79 Å². The fraction of sp³-hybridized carbons (Fsp3) is 0.667. The van der Waals surface area contributed by atoms with Crippen molar-refractivity contribution < 1.29 is 0 Å². The van der Waals surface area contributed by atoms with Gasteiger partial charge in [0.15, 0.2) is 0 Å². The molecule has 16 heavy (non-hydrogen) atoms. The van der Waals surface area contributed by atoms with E-state index in [4.69, 9.17) is 5.73 Å². The van der Waals surface area contributed by atoms with Crippen molar-refractivity contribution in [2.45, 2.75) is 44.9 Å². The van der Waals surface area contributed by atoms with Crippen LogP contribution in [0.1, 0.15) is 55.5 Å². The molecule has 0 bridgehead atoms. The molecular formula is C12H19N3O. The van der Waals surface area contributed by atoms with Crippen LogP contribution in [-0.2, 0) is 6.42 Å². The summed E-state index contributed by atoms with van der Waals surface area (Å²) < 4.78 is 0. The van der Waals surface area contributed by atoms with Crippen LogP contribution in [0.2, 0.25) is 0 Å². The van der Waals surface area contributed by atoms with Crippen molar-refractivity contribution in [3.05, 3.63) is 27.4 Å². The Bertz CT molecular complexity index is 436. The zero-order valence-electron chi connectivity index (χ0n) is 9.92. The molecule has 0 fully saturated rings. The first-order valence-electron chi connectivity index (χ1n) is 5.96. The van der Waals surface area contributed by atoms with Crippen LogP contribution in [0.4, 0.5) is 0 Å². The molecule has 1 aliphatic carbocycles. The second kappa shape index (κ2) is 4.37. The summed E-state index contributed by atoms with van der Waals surface area (Å²) in [5, 5.41) is 0. The molecule has 0 saturated heterocycles. The number of fused-ring (bicyclic) bond motifs is 1. The Morgan fingerprint density at radius 1 is 1.56 bits per heavy atom. The number of rotatable bonds is 2. The van der Waals surface area contributed by atoms with Crippen LogP contribution in [0.25, 0.3) is 0 Å². The van der Waals surface area contributed by atoms with Crippen molar-refractivity contribution in [2.75, 3.05) is 6.54 Å². The SMILES string of the molecule is CC(C)c1nc(=O)[nH]c2c1C(CN)CCC2. The Morgan fingerprint density at radius 3 is 2.94 bits per heavy atom. The fourth-order valence-corrected chi connectivity index (χ4v) is 2.55. The van der Waals surface area contributed by atoms with E-state index < -0.39 is 0 Å². The van der Waals surface area contributed by atoms with Gasteiger partial charge in [-0.05, 0) is 43.2 Å². The molecule has 1 unspecified atom stereocenters. The molecule has 0 aliphatic heterocycles. The molecule has 3 N–H and O–H groups in total. The Labute approximate surface area is 95.3 Å². The lowest BCUT2D eigenvalue weighted by atomic mass is 9.82. The third kappa shape index (κ3) is 1.89. The Balaban J connectivity index is 2.60. The second-order valence-electron chi connectivity index (χ2n) is 4.80. The molecule has 1 aromatic heterocycles. The van der Waals surface area contributed by atoms with Gasteiger partial charge in [-0.2, -0.15) is 4.98 Å². The normalized spacial score (nSPS) is 19.9. The maximum Gasteiger partial charge on any atom is 0.345 e. The summed E-state index contributed by atoms with van der Waals surface area (Å²) in [6.07, 6.45) is 3.16. The summed E-state index contributed by atoms with van der Waals surface area (Å²) in [4.78, 5) is 18.4. The van der Waals surface area contributed by atoms with Gasteiger partial charge in [-0.3, -0.25) is 0 Å². The van der Waals surface area contributed by atoms with Gasteiger partial charge in [0.2, 0.25) is 0 Å². The molecular weight excluding hydrogens is 202 g/mol. The topological polar surface area (TPSA) is 71.8 Å². The minimum Gasteiger partial charge on any atom is -0.330 e. The lowest BCUT2D eigenvalue weighted by Gasteiger charge is -2.26. The number of aromatic nitrogens is 2. The third-order valence-corrected chi connectivity index (χ3v) is 3.30. The monoisotopic (exact) mass is 221 g/mol. The van der Waals surface area contributed by atoms with Gasteiger partial charge in [-0.15, -0.1) is 0 Å². The molecule has 2 rings (SSSR count). The smallest absolute Gasteiger partial charge is 0.330 e. The average Bonchev–Trinajstić information content (AvgIpc) is 2.26. The number of aryl methyl sites for hydroxylation is 1. The number of hydrogen-bond donors (Lipinski definition) is 2. The summed E-state index contributed by atoms with van der Waals surface area (Å²) in [5.41, 5.74) is 8.79. The largest absolute Gasteiger partial charge is 0.345 e. The summed E-state index contributed by atoms with van der Waals surface area (Å²) in [5.74, 6) is 0.647. The first-order valence-corrected chi connectivity index (χ1v) is 5.96. The van der Waals surface area contributed by atoms with E-state index in [1.54, 1.807) is 0 Å². The van der Waals surface area contributed by atoms with E-state index >= 15 is 0 Å².